The number of hydrogen-bond acceptors (Lipinski definition) is 8. The minimum absolute atomic E-state index is 0.0284. The van der Waals surface area contributed by atoms with Crippen molar-refractivity contribution < 1.29 is 5.11 Å². The van der Waals surface area contributed by atoms with Crippen molar-refractivity contribution in [2.24, 2.45) is 5.92 Å². The molecule has 21 heavy (non-hydrogen) atoms. The molecule has 112 valence electrons. The van der Waals surface area contributed by atoms with E-state index in [0.29, 0.717) is 23.8 Å². The molecular weight excluding hydrogens is 272 g/mol. The van der Waals surface area contributed by atoms with Crippen molar-refractivity contribution in [2.75, 3.05) is 30.4 Å². The zero-order chi connectivity index (χ0) is 14.8. The summed E-state index contributed by atoms with van der Waals surface area (Å²) in [7, 11) is 1.75. The topological polar surface area (TPSA) is 105 Å². The van der Waals surface area contributed by atoms with Gasteiger partial charge in [0.25, 0.3) is 5.95 Å². The standard InChI is InChI=1S/C12H18N8O/c1-8-3-4-19(9(8)5-21)11-16-10(13-2)17-12(18-11)20-7-14-6-15-20/h6-9,21H,3-5H2,1-2H3,(H,13,16,17,18). The van der Waals surface area contributed by atoms with Crippen LogP contribution in [0.5, 0.6) is 0 Å². The van der Waals surface area contributed by atoms with Crippen molar-refractivity contribution in [3.05, 3.63) is 12.7 Å². The highest BCUT2D eigenvalue weighted by Gasteiger charge is 2.32. The number of rotatable bonds is 4. The van der Waals surface area contributed by atoms with E-state index in [9.17, 15) is 5.11 Å². The third-order valence-corrected chi connectivity index (χ3v) is 3.79. The Kier molecular flexibility index (Phi) is 3.65. The van der Waals surface area contributed by atoms with Crippen LogP contribution in [-0.2, 0) is 0 Å². The second-order valence-corrected chi connectivity index (χ2v) is 5.06. The maximum atomic E-state index is 9.59. The highest BCUT2D eigenvalue weighted by Crippen LogP contribution is 2.27. The minimum Gasteiger partial charge on any atom is -0.394 e. The third kappa shape index (κ3) is 2.51. The van der Waals surface area contributed by atoms with Crippen molar-refractivity contribution in [3.63, 3.8) is 0 Å². The maximum absolute atomic E-state index is 9.59. The molecule has 0 amide bonds. The largest absolute Gasteiger partial charge is 0.394 e. The van der Waals surface area contributed by atoms with E-state index in [2.05, 4.69) is 37.3 Å². The summed E-state index contributed by atoms with van der Waals surface area (Å²) in [5, 5.41) is 16.6. The molecule has 0 bridgehead atoms. The van der Waals surface area contributed by atoms with Crippen LogP contribution < -0.4 is 10.2 Å². The van der Waals surface area contributed by atoms with E-state index in [1.54, 1.807) is 7.05 Å². The number of nitrogens with one attached hydrogen (secondary N) is 1. The predicted octanol–water partition coefficient (Wildman–Crippen LogP) is -0.299. The lowest BCUT2D eigenvalue weighted by Gasteiger charge is -2.25. The molecule has 1 aliphatic rings. The van der Waals surface area contributed by atoms with Crippen molar-refractivity contribution in [3.8, 4) is 5.95 Å². The molecule has 3 heterocycles. The van der Waals surface area contributed by atoms with Gasteiger partial charge >= 0.3 is 0 Å². The summed E-state index contributed by atoms with van der Waals surface area (Å²) in [6.45, 7) is 3.02. The summed E-state index contributed by atoms with van der Waals surface area (Å²) in [4.78, 5) is 19.0. The summed E-state index contributed by atoms with van der Waals surface area (Å²) < 4.78 is 1.49. The van der Waals surface area contributed by atoms with Crippen LogP contribution in [0, 0.1) is 5.92 Å². The van der Waals surface area contributed by atoms with Crippen molar-refractivity contribution >= 4 is 11.9 Å². The first-order valence-corrected chi connectivity index (χ1v) is 6.89. The lowest BCUT2D eigenvalue weighted by Crippen LogP contribution is -2.36. The second kappa shape index (κ2) is 5.60. The number of aliphatic hydroxyl groups is 1. The third-order valence-electron chi connectivity index (χ3n) is 3.79. The first-order valence-electron chi connectivity index (χ1n) is 6.89. The number of nitrogens with zero attached hydrogens (tertiary/aromatic N) is 7. The van der Waals surface area contributed by atoms with Crippen LogP contribution >= 0.6 is 0 Å². The molecule has 1 aliphatic heterocycles. The van der Waals surface area contributed by atoms with Gasteiger partial charge in [0.1, 0.15) is 12.7 Å². The Morgan fingerprint density at radius 3 is 2.81 bits per heavy atom. The van der Waals surface area contributed by atoms with Crippen LogP contribution in [0.4, 0.5) is 11.9 Å². The summed E-state index contributed by atoms with van der Waals surface area (Å²) in [5.74, 6) is 1.81. The first kappa shape index (κ1) is 13.7. The fraction of sp³-hybridized carbons (Fsp3) is 0.583. The Morgan fingerprint density at radius 2 is 2.14 bits per heavy atom. The maximum Gasteiger partial charge on any atom is 0.258 e. The van der Waals surface area contributed by atoms with E-state index >= 15 is 0 Å². The molecule has 0 aromatic carbocycles. The molecule has 2 unspecified atom stereocenters. The quantitative estimate of drug-likeness (QED) is 0.791. The van der Waals surface area contributed by atoms with Crippen LogP contribution in [0.2, 0.25) is 0 Å². The molecule has 0 spiro atoms. The SMILES string of the molecule is CNc1nc(N2CCC(C)C2CO)nc(-n2cncn2)n1. The molecular formula is C12H18N8O. The van der Waals surface area contributed by atoms with Crippen molar-refractivity contribution in [1.82, 2.24) is 29.7 Å². The van der Waals surface area contributed by atoms with Gasteiger partial charge in [-0.1, -0.05) is 6.92 Å². The monoisotopic (exact) mass is 290 g/mol. The fourth-order valence-electron chi connectivity index (χ4n) is 2.54. The van der Waals surface area contributed by atoms with Crippen LogP contribution in [0.25, 0.3) is 5.95 Å². The van der Waals surface area contributed by atoms with E-state index in [1.807, 2.05) is 4.90 Å². The molecule has 2 atom stereocenters. The van der Waals surface area contributed by atoms with Crippen LogP contribution in [0.15, 0.2) is 12.7 Å². The Hall–Kier alpha value is -2.29. The van der Waals surface area contributed by atoms with Crippen LogP contribution in [0.1, 0.15) is 13.3 Å². The van der Waals surface area contributed by atoms with Gasteiger partial charge in [0.05, 0.1) is 12.6 Å². The summed E-state index contributed by atoms with van der Waals surface area (Å²) >= 11 is 0. The Labute approximate surface area is 122 Å². The second-order valence-electron chi connectivity index (χ2n) is 5.06. The average molecular weight is 290 g/mol. The van der Waals surface area contributed by atoms with Gasteiger partial charge in [-0.3, -0.25) is 0 Å². The molecule has 0 aliphatic carbocycles. The lowest BCUT2D eigenvalue weighted by atomic mass is 10.0. The van der Waals surface area contributed by atoms with Crippen molar-refractivity contribution in [2.45, 2.75) is 19.4 Å². The molecule has 0 saturated carbocycles. The molecule has 2 N–H and O–H groups in total. The highest BCUT2D eigenvalue weighted by molar-refractivity contribution is 5.41. The Morgan fingerprint density at radius 1 is 1.33 bits per heavy atom. The summed E-state index contributed by atoms with van der Waals surface area (Å²) in [6, 6.07) is 0.0284. The van der Waals surface area contributed by atoms with Gasteiger partial charge in [0.15, 0.2) is 0 Å². The van der Waals surface area contributed by atoms with Gasteiger partial charge in [-0.2, -0.15) is 24.7 Å². The normalized spacial score (nSPS) is 21.8. The number of anilines is 2. The van der Waals surface area contributed by atoms with E-state index in [0.717, 1.165) is 13.0 Å². The lowest BCUT2D eigenvalue weighted by molar-refractivity contribution is 0.244. The number of aromatic nitrogens is 6. The molecule has 0 radical (unpaired) electrons. The predicted molar refractivity (Wildman–Crippen MR) is 76.3 cm³/mol. The molecule has 9 heteroatoms. The zero-order valence-corrected chi connectivity index (χ0v) is 12.0. The number of aliphatic hydroxyl groups excluding tert-OH is 1. The van der Waals surface area contributed by atoms with Crippen LogP contribution in [0.3, 0.4) is 0 Å². The van der Waals surface area contributed by atoms with Gasteiger partial charge in [-0.05, 0) is 12.3 Å². The minimum atomic E-state index is 0.0284. The summed E-state index contributed by atoms with van der Waals surface area (Å²) in [6.07, 6.45) is 3.97. The van der Waals surface area contributed by atoms with Gasteiger partial charge < -0.3 is 15.3 Å². The van der Waals surface area contributed by atoms with Gasteiger partial charge in [0.2, 0.25) is 11.9 Å². The van der Waals surface area contributed by atoms with Gasteiger partial charge in [0, 0.05) is 13.6 Å². The van der Waals surface area contributed by atoms with Gasteiger partial charge in [-0.15, -0.1) is 0 Å². The first-order chi connectivity index (χ1) is 10.2. The molecule has 2 aromatic heterocycles. The molecule has 1 fully saturated rings. The average Bonchev–Trinajstić information content (AvgIpc) is 3.16. The Balaban J connectivity index is 2.00. The summed E-state index contributed by atoms with van der Waals surface area (Å²) in [5.41, 5.74) is 0. The zero-order valence-electron chi connectivity index (χ0n) is 12.0. The highest BCUT2D eigenvalue weighted by atomic mass is 16.3. The smallest absolute Gasteiger partial charge is 0.258 e. The van der Waals surface area contributed by atoms with Crippen LogP contribution in [-0.4, -0.2) is 61.1 Å². The molecule has 3 rings (SSSR count). The Bertz CT molecular complexity index is 601. The molecule has 2 aromatic rings. The van der Waals surface area contributed by atoms with E-state index < -0.39 is 0 Å². The van der Waals surface area contributed by atoms with Crippen molar-refractivity contribution in [1.29, 1.82) is 0 Å². The molecule has 1 saturated heterocycles. The molecule has 9 nitrogen and oxygen atoms in total. The van der Waals surface area contributed by atoms with E-state index in [-0.39, 0.29) is 12.6 Å². The number of hydrogen-bond donors (Lipinski definition) is 2. The van der Waals surface area contributed by atoms with Gasteiger partial charge in [-0.25, -0.2) is 4.98 Å². The fourth-order valence-corrected chi connectivity index (χ4v) is 2.54. The van der Waals surface area contributed by atoms with E-state index in [4.69, 9.17) is 0 Å². The van der Waals surface area contributed by atoms with E-state index in [1.165, 1.54) is 17.3 Å².